The average Bonchev–Trinajstić information content (AvgIpc) is 3.77. The van der Waals surface area contributed by atoms with Gasteiger partial charge >= 0.3 is 282 Å². The van der Waals surface area contributed by atoms with Gasteiger partial charge < -0.3 is 0 Å². The number of para-hydroxylation sites is 2. The zero-order valence-corrected chi connectivity index (χ0v) is 31.2. The predicted octanol–water partition coefficient (Wildman–Crippen LogP) is 6.95. The van der Waals surface area contributed by atoms with Crippen LogP contribution in [0.3, 0.4) is 0 Å². The van der Waals surface area contributed by atoms with Crippen molar-refractivity contribution in [2.75, 3.05) is 16.8 Å². The first-order chi connectivity index (χ1) is 24.2. The van der Waals surface area contributed by atoms with Crippen molar-refractivity contribution in [3.63, 3.8) is 0 Å². The van der Waals surface area contributed by atoms with E-state index in [-0.39, 0.29) is 21.1 Å². The topological polar surface area (TPSA) is 33.5 Å². The van der Waals surface area contributed by atoms with Crippen LogP contribution in [0.1, 0.15) is 0 Å². The van der Waals surface area contributed by atoms with Gasteiger partial charge in [0.1, 0.15) is 0 Å². The number of rotatable bonds is 3. The van der Waals surface area contributed by atoms with Crippen LogP contribution < -0.4 is 32.1 Å². The van der Waals surface area contributed by atoms with Gasteiger partial charge in [0, 0.05) is 21.1 Å². The number of nitrogens with zero attached hydrogens (tertiary/aromatic N) is 4. The summed E-state index contributed by atoms with van der Waals surface area (Å²) in [6.07, 6.45) is 1.83. The molecule has 242 valence electrons. The normalized spacial score (nSPS) is 14.3. The summed E-state index contributed by atoms with van der Waals surface area (Å²) in [5, 5.41) is 2.26. The molecule has 8 aromatic rings. The van der Waals surface area contributed by atoms with Crippen LogP contribution in [0.15, 0.2) is 140 Å². The summed E-state index contributed by atoms with van der Waals surface area (Å²) < 4.78 is 14.6. The second-order valence-corrected chi connectivity index (χ2v) is 20.6. The van der Waals surface area contributed by atoms with Gasteiger partial charge in [0.15, 0.2) is 0 Å². The quantitative estimate of drug-likeness (QED) is 0.142. The molecule has 0 aliphatic carbocycles. The van der Waals surface area contributed by atoms with Gasteiger partial charge in [0.05, 0.1) is 0 Å². The second kappa shape index (κ2) is 11.0. The molecule has 11 rings (SSSR count). The second-order valence-electron chi connectivity index (χ2n) is 12.9. The van der Waals surface area contributed by atoms with E-state index in [2.05, 4.69) is 154 Å². The van der Waals surface area contributed by atoms with Crippen molar-refractivity contribution in [2.45, 2.75) is 0 Å². The third-order valence-electron chi connectivity index (χ3n) is 10.5. The van der Waals surface area contributed by atoms with Crippen molar-refractivity contribution >= 4 is 69.7 Å². The minimum Gasteiger partial charge on any atom is 0 e. The van der Waals surface area contributed by atoms with E-state index in [0.717, 1.165) is 33.3 Å². The van der Waals surface area contributed by atoms with E-state index in [4.69, 9.17) is 4.74 Å². The molecular formula is C43H27GeN4OPt-3. The maximum absolute atomic E-state index is 6.68. The maximum atomic E-state index is 6.68. The van der Waals surface area contributed by atoms with Gasteiger partial charge in [-0.1, -0.05) is 0 Å². The molecule has 0 unspecified atom stereocenters. The molecule has 5 nitrogen and oxygen atoms in total. The summed E-state index contributed by atoms with van der Waals surface area (Å²) in [4.78, 5) is 9.25. The summed E-state index contributed by atoms with van der Waals surface area (Å²) >= 11 is -3.44. The van der Waals surface area contributed by atoms with Crippen LogP contribution in [-0.4, -0.2) is 29.9 Å². The molecule has 0 fully saturated rings. The zero-order valence-electron chi connectivity index (χ0n) is 26.9. The summed E-state index contributed by atoms with van der Waals surface area (Å²) in [5.74, 6) is 2.14. The Morgan fingerprint density at radius 3 is 2.14 bits per heavy atom. The van der Waals surface area contributed by atoms with Crippen LogP contribution in [0.4, 0.5) is 17.1 Å². The van der Waals surface area contributed by atoms with Crippen LogP contribution in [-0.2, 0) is 21.1 Å². The van der Waals surface area contributed by atoms with Crippen molar-refractivity contribution in [3.8, 4) is 28.4 Å². The van der Waals surface area contributed by atoms with Gasteiger partial charge in [-0.2, -0.15) is 0 Å². The number of aromatic nitrogens is 2. The number of anilines is 3. The van der Waals surface area contributed by atoms with Crippen molar-refractivity contribution < 1.29 is 25.8 Å². The average molecular weight is 883 g/mol. The van der Waals surface area contributed by atoms with Gasteiger partial charge in [0.25, 0.3) is 0 Å². The predicted molar refractivity (Wildman–Crippen MR) is 200 cm³/mol. The Bertz CT molecular complexity index is 2630. The molecule has 2 aromatic heterocycles. The summed E-state index contributed by atoms with van der Waals surface area (Å²) in [6, 6.07) is 55.4. The third-order valence-corrected chi connectivity index (χ3v) is 20.8. The smallest absolute Gasteiger partial charge is 0 e. The largest absolute Gasteiger partial charge is 0 e. The van der Waals surface area contributed by atoms with Crippen molar-refractivity contribution in [1.29, 1.82) is 0 Å². The summed E-state index contributed by atoms with van der Waals surface area (Å²) in [7, 11) is 2.13. The first kappa shape index (κ1) is 29.8. The Kier molecular flexibility index (Phi) is 6.52. The van der Waals surface area contributed by atoms with Gasteiger partial charge in [-0.15, -0.1) is 0 Å². The van der Waals surface area contributed by atoms with E-state index in [1.54, 1.807) is 0 Å². The molecule has 0 radical (unpaired) electrons. The van der Waals surface area contributed by atoms with E-state index >= 15 is 0 Å². The van der Waals surface area contributed by atoms with Crippen LogP contribution in [0.2, 0.25) is 0 Å². The molecule has 3 aliphatic heterocycles. The molecule has 6 aromatic carbocycles. The number of ether oxygens (including phenoxy) is 1. The molecule has 3 aliphatic rings. The summed E-state index contributed by atoms with van der Waals surface area (Å²) in [6.45, 7) is 2.19. The Balaban J connectivity index is 0.00000316. The fourth-order valence-corrected chi connectivity index (χ4v) is 20.1. The summed E-state index contributed by atoms with van der Waals surface area (Å²) in [5.41, 5.74) is 8.28. The Hall–Kier alpha value is -5.10. The Labute approximate surface area is 307 Å². The van der Waals surface area contributed by atoms with Crippen LogP contribution in [0.5, 0.6) is 11.5 Å². The number of benzene rings is 6. The number of hydrogen-bond acceptors (Lipinski definition) is 4. The van der Waals surface area contributed by atoms with Gasteiger partial charge in [-0.25, -0.2) is 0 Å². The SMILES string of the molecule is CN1[CH-]N2c3[c-]c(Oc4[c-]c5c(cc4)c4ccccc4n5-c4ccccn4)cc[c]3[Ge]3([c]4ccccc4-c4cccc[c]43)[c]3cccc1c32.[Pt]. The van der Waals surface area contributed by atoms with Crippen molar-refractivity contribution in [1.82, 2.24) is 9.55 Å². The molecular weight excluding hydrogens is 856 g/mol. The minimum atomic E-state index is -3.44. The van der Waals surface area contributed by atoms with E-state index < -0.39 is 13.3 Å². The molecule has 0 bridgehead atoms. The molecule has 7 heteroatoms. The van der Waals surface area contributed by atoms with Crippen LogP contribution >= 0.6 is 0 Å². The van der Waals surface area contributed by atoms with Gasteiger partial charge in [0.2, 0.25) is 0 Å². The Morgan fingerprint density at radius 2 is 1.34 bits per heavy atom. The zero-order chi connectivity index (χ0) is 32.3. The van der Waals surface area contributed by atoms with Crippen LogP contribution in [0.25, 0.3) is 38.8 Å². The molecule has 0 amide bonds. The monoisotopic (exact) mass is 884 g/mol. The first-order valence-electron chi connectivity index (χ1n) is 16.5. The molecule has 0 atom stereocenters. The van der Waals surface area contributed by atoms with E-state index in [1.807, 2.05) is 30.5 Å². The van der Waals surface area contributed by atoms with E-state index in [9.17, 15) is 0 Å². The first-order valence-corrected chi connectivity index (χ1v) is 20.7. The van der Waals surface area contributed by atoms with Crippen molar-refractivity contribution in [3.05, 3.63) is 158 Å². The van der Waals surface area contributed by atoms with Crippen LogP contribution in [0, 0.1) is 18.8 Å². The molecule has 50 heavy (non-hydrogen) atoms. The number of fused-ring (bicyclic) bond motifs is 12. The maximum Gasteiger partial charge on any atom is 0 e. The van der Waals surface area contributed by atoms with E-state index in [1.165, 1.54) is 40.1 Å². The van der Waals surface area contributed by atoms with Crippen molar-refractivity contribution in [2.24, 2.45) is 0 Å². The number of pyridine rings is 1. The fraction of sp³-hybridized carbons (Fsp3) is 0.0233. The molecule has 0 saturated carbocycles. The van der Waals surface area contributed by atoms with Gasteiger partial charge in [-0.3, -0.25) is 0 Å². The standard InChI is InChI=1S/C43H27GeN4O.Pt/c1-46-27-47-41-26-29(49-28-20-22-33-32-13-4-7-17-38(32)48(40(33)25-28)42-19-8-9-24-45-42)21-23-36(41)44(37-16-10-18-39(46)43(37)47)34-14-5-2-11-30(34)31-12-3-6-15-35(31)44;/h2-24,27H,1H3;/q-3;. The molecule has 0 saturated heterocycles. The van der Waals surface area contributed by atoms with Gasteiger partial charge in [-0.05, 0) is 6.07 Å². The number of hydrogen-bond donors (Lipinski definition) is 0. The third kappa shape index (κ3) is 3.85. The Morgan fingerprint density at radius 1 is 0.640 bits per heavy atom. The fourth-order valence-electron chi connectivity index (χ4n) is 8.59. The van der Waals surface area contributed by atoms with E-state index in [0.29, 0.717) is 11.5 Å². The molecule has 1 spiro atoms. The molecule has 0 N–H and O–H groups in total. The minimum absolute atomic E-state index is 0. The molecule has 5 heterocycles.